The molecule has 1 aromatic carbocycles. The zero-order valence-electron chi connectivity index (χ0n) is 12.1. The summed E-state index contributed by atoms with van der Waals surface area (Å²) in [6, 6.07) is 9.76. The number of ether oxygens (including phenoxy) is 1. The smallest absolute Gasteiger partial charge is 0.263 e. The Morgan fingerprint density at radius 3 is 2.90 bits per heavy atom. The molecule has 0 saturated carbocycles. The summed E-state index contributed by atoms with van der Waals surface area (Å²) in [6.07, 6.45) is 0.865. The zero-order chi connectivity index (χ0) is 15.2. The molecule has 21 heavy (non-hydrogen) atoms. The Bertz CT molecular complexity index is 625. The summed E-state index contributed by atoms with van der Waals surface area (Å²) in [5.74, 6) is 0.702. The van der Waals surface area contributed by atoms with Crippen molar-refractivity contribution >= 4 is 27.9 Å². The molecular formula is C15H19N3O2S. The monoisotopic (exact) mass is 305 g/mol. The molecule has 0 aliphatic rings. The molecule has 6 heteroatoms. The zero-order valence-corrected chi connectivity index (χ0v) is 12.9. The van der Waals surface area contributed by atoms with Crippen molar-refractivity contribution in [3.63, 3.8) is 0 Å². The van der Waals surface area contributed by atoms with Crippen LogP contribution >= 0.6 is 11.3 Å². The highest BCUT2D eigenvalue weighted by molar-refractivity contribution is 7.18. The fourth-order valence-electron chi connectivity index (χ4n) is 1.94. The van der Waals surface area contributed by atoms with E-state index < -0.39 is 0 Å². The summed E-state index contributed by atoms with van der Waals surface area (Å²) in [7, 11) is 3.25. The van der Waals surface area contributed by atoms with Gasteiger partial charge in [-0.25, -0.2) is 0 Å². The Balaban J connectivity index is 1.93. The van der Waals surface area contributed by atoms with Crippen LogP contribution in [-0.4, -0.2) is 26.6 Å². The number of carbonyl (C=O) groups excluding carboxylic acids is 1. The largest absolute Gasteiger partial charge is 0.497 e. The average Bonchev–Trinajstić information content (AvgIpc) is 2.87. The van der Waals surface area contributed by atoms with Gasteiger partial charge < -0.3 is 21.1 Å². The molecule has 0 aliphatic heterocycles. The predicted octanol–water partition coefficient (Wildman–Crippen LogP) is 2.35. The van der Waals surface area contributed by atoms with Crippen LogP contribution < -0.4 is 21.1 Å². The minimum atomic E-state index is -0.154. The lowest BCUT2D eigenvalue weighted by molar-refractivity contribution is 0.0968. The van der Waals surface area contributed by atoms with Crippen LogP contribution in [0.5, 0.6) is 5.75 Å². The first kappa shape index (κ1) is 15.2. The SMILES string of the molecule is CNC(=O)c1sc(NCCc2cccc(OC)c2)cc1N. The number of amides is 1. The molecule has 0 bridgehead atoms. The van der Waals surface area contributed by atoms with Crippen LogP contribution in [0.3, 0.4) is 0 Å². The molecule has 1 heterocycles. The van der Waals surface area contributed by atoms with Crippen LogP contribution in [0.1, 0.15) is 15.2 Å². The first-order chi connectivity index (χ1) is 10.1. The molecule has 0 fully saturated rings. The van der Waals surface area contributed by atoms with Crippen molar-refractivity contribution < 1.29 is 9.53 Å². The standard InChI is InChI=1S/C15H19N3O2S/c1-17-15(19)14-12(16)9-13(21-14)18-7-6-10-4-3-5-11(8-10)20-2/h3-5,8-9,18H,6-7,16H2,1-2H3,(H,17,19). The Hall–Kier alpha value is -2.21. The van der Waals surface area contributed by atoms with Crippen LogP contribution in [0.15, 0.2) is 30.3 Å². The van der Waals surface area contributed by atoms with E-state index in [-0.39, 0.29) is 5.91 Å². The summed E-state index contributed by atoms with van der Waals surface area (Å²) in [6.45, 7) is 0.764. The number of carbonyl (C=O) groups is 1. The number of benzene rings is 1. The maximum absolute atomic E-state index is 11.6. The average molecular weight is 305 g/mol. The molecule has 5 nitrogen and oxygen atoms in total. The van der Waals surface area contributed by atoms with Crippen molar-refractivity contribution in [1.29, 1.82) is 0 Å². The van der Waals surface area contributed by atoms with Gasteiger partial charge in [0, 0.05) is 13.6 Å². The van der Waals surface area contributed by atoms with E-state index in [1.54, 1.807) is 20.2 Å². The van der Waals surface area contributed by atoms with Crippen LogP contribution in [-0.2, 0) is 6.42 Å². The summed E-state index contributed by atoms with van der Waals surface area (Å²) >= 11 is 1.36. The van der Waals surface area contributed by atoms with E-state index in [2.05, 4.69) is 16.7 Å². The minimum Gasteiger partial charge on any atom is -0.497 e. The fraction of sp³-hybridized carbons (Fsp3) is 0.267. The van der Waals surface area contributed by atoms with Gasteiger partial charge >= 0.3 is 0 Å². The molecule has 0 aliphatic carbocycles. The van der Waals surface area contributed by atoms with Gasteiger partial charge in [0.1, 0.15) is 10.6 Å². The van der Waals surface area contributed by atoms with Gasteiger partial charge in [-0.15, -0.1) is 11.3 Å². The lowest BCUT2D eigenvalue weighted by Crippen LogP contribution is -2.17. The van der Waals surface area contributed by atoms with E-state index >= 15 is 0 Å². The quantitative estimate of drug-likeness (QED) is 0.765. The Morgan fingerprint density at radius 1 is 1.38 bits per heavy atom. The maximum atomic E-state index is 11.6. The number of anilines is 2. The lowest BCUT2D eigenvalue weighted by Gasteiger charge is -2.05. The summed E-state index contributed by atoms with van der Waals surface area (Å²) in [5, 5.41) is 6.77. The molecule has 0 radical (unpaired) electrons. The van der Waals surface area contributed by atoms with Gasteiger partial charge in [-0.2, -0.15) is 0 Å². The van der Waals surface area contributed by atoms with Gasteiger partial charge in [0.2, 0.25) is 0 Å². The van der Waals surface area contributed by atoms with Gasteiger partial charge in [-0.3, -0.25) is 4.79 Å². The highest BCUT2D eigenvalue weighted by Crippen LogP contribution is 2.29. The molecule has 2 rings (SSSR count). The second-order valence-corrected chi connectivity index (χ2v) is 5.55. The van der Waals surface area contributed by atoms with Gasteiger partial charge in [0.25, 0.3) is 5.91 Å². The topological polar surface area (TPSA) is 76.4 Å². The van der Waals surface area contributed by atoms with Gasteiger partial charge in [-0.05, 0) is 30.2 Å². The van der Waals surface area contributed by atoms with Crippen molar-refractivity contribution in [2.75, 3.05) is 31.8 Å². The number of thiophene rings is 1. The molecule has 0 unspecified atom stereocenters. The minimum absolute atomic E-state index is 0.154. The second kappa shape index (κ2) is 6.99. The van der Waals surface area contributed by atoms with E-state index in [0.29, 0.717) is 10.6 Å². The van der Waals surface area contributed by atoms with E-state index in [0.717, 1.165) is 23.7 Å². The number of methoxy groups -OCH3 is 1. The number of rotatable bonds is 6. The first-order valence-corrected chi connectivity index (χ1v) is 7.44. The number of nitrogens with two attached hydrogens (primary N) is 1. The van der Waals surface area contributed by atoms with Crippen LogP contribution in [0.4, 0.5) is 10.7 Å². The van der Waals surface area contributed by atoms with Crippen molar-refractivity contribution in [3.8, 4) is 5.75 Å². The predicted molar refractivity (Wildman–Crippen MR) is 87.3 cm³/mol. The van der Waals surface area contributed by atoms with Crippen molar-refractivity contribution in [2.45, 2.75) is 6.42 Å². The van der Waals surface area contributed by atoms with E-state index in [4.69, 9.17) is 10.5 Å². The third kappa shape index (κ3) is 3.88. The summed E-state index contributed by atoms with van der Waals surface area (Å²) in [4.78, 5) is 12.1. The summed E-state index contributed by atoms with van der Waals surface area (Å²) < 4.78 is 5.20. The van der Waals surface area contributed by atoms with Crippen molar-refractivity contribution in [3.05, 3.63) is 40.8 Å². The Kier molecular flexibility index (Phi) is 5.05. The van der Waals surface area contributed by atoms with Crippen LogP contribution in [0.2, 0.25) is 0 Å². The van der Waals surface area contributed by atoms with Crippen LogP contribution in [0, 0.1) is 0 Å². The molecule has 4 N–H and O–H groups in total. The highest BCUT2D eigenvalue weighted by Gasteiger charge is 2.12. The molecule has 1 amide bonds. The molecule has 112 valence electrons. The number of hydrogen-bond acceptors (Lipinski definition) is 5. The molecule has 0 saturated heterocycles. The van der Waals surface area contributed by atoms with Crippen molar-refractivity contribution in [2.24, 2.45) is 0 Å². The number of nitrogens with one attached hydrogen (secondary N) is 2. The van der Waals surface area contributed by atoms with E-state index in [1.165, 1.54) is 16.9 Å². The molecule has 0 spiro atoms. The molecule has 0 atom stereocenters. The van der Waals surface area contributed by atoms with Crippen molar-refractivity contribution in [1.82, 2.24) is 5.32 Å². The first-order valence-electron chi connectivity index (χ1n) is 6.62. The van der Waals surface area contributed by atoms with E-state index in [9.17, 15) is 4.79 Å². The third-order valence-corrected chi connectivity index (χ3v) is 4.15. The summed E-state index contributed by atoms with van der Waals surface area (Å²) in [5.41, 5.74) is 7.53. The third-order valence-electron chi connectivity index (χ3n) is 3.04. The lowest BCUT2D eigenvalue weighted by atomic mass is 10.1. The van der Waals surface area contributed by atoms with Crippen LogP contribution in [0.25, 0.3) is 0 Å². The van der Waals surface area contributed by atoms with E-state index in [1.807, 2.05) is 18.2 Å². The molecule has 2 aromatic rings. The second-order valence-electron chi connectivity index (χ2n) is 4.50. The van der Waals surface area contributed by atoms with Gasteiger partial charge in [0.15, 0.2) is 0 Å². The molecule has 1 aromatic heterocycles. The fourth-order valence-corrected chi connectivity index (χ4v) is 2.89. The number of nitrogen functional groups attached to an aromatic ring is 1. The maximum Gasteiger partial charge on any atom is 0.263 e. The Labute approximate surface area is 128 Å². The molecular weight excluding hydrogens is 286 g/mol. The highest BCUT2D eigenvalue weighted by atomic mass is 32.1. The normalized spacial score (nSPS) is 10.2. The Morgan fingerprint density at radius 2 is 2.19 bits per heavy atom. The van der Waals surface area contributed by atoms with Gasteiger partial charge in [-0.1, -0.05) is 12.1 Å². The number of hydrogen-bond donors (Lipinski definition) is 3. The van der Waals surface area contributed by atoms with Gasteiger partial charge in [0.05, 0.1) is 17.8 Å².